The van der Waals surface area contributed by atoms with E-state index < -0.39 is 0 Å². The molecule has 1 saturated heterocycles. The molecule has 8 nitrogen and oxygen atoms in total. The van der Waals surface area contributed by atoms with E-state index in [9.17, 15) is 9.59 Å². The lowest BCUT2D eigenvalue weighted by atomic mass is 9.97. The first-order chi connectivity index (χ1) is 13.1. The second-order valence-electron chi connectivity index (χ2n) is 6.28. The summed E-state index contributed by atoms with van der Waals surface area (Å²) in [6.07, 6.45) is 6.84. The molecule has 0 spiro atoms. The molecule has 1 fully saturated rings. The molecule has 1 aliphatic rings. The minimum absolute atomic E-state index is 0.0256. The highest BCUT2D eigenvalue weighted by molar-refractivity contribution is 9.10. The van der Waals surface area contributed by atoms with Gasteiger partial charge in [0.25, 0.3) is 0 Å². The average Bonchev–Trinajstić information content (AvgIpc) is 2.70. The summed E-state index contributed by atoms with van der Waals surface area (Å²) < 4.78 is 0.851. The van der Waals surface area contributed by atoms with Crippen molar-refractivity contribution in [1.29, 1.82) is 0 Å². The number of nitrogens with zero attached hydrogens (tertiary/aromatic N) is 4. The predicted molar refractivity (Wildman–Crippen MR) is 105 cm³/mol. The maximum absolute atomic E-state index is 12.5. The summed E-state index contributed by atoms with van der Waals surface area (Å²) in [6, 6.07) is 5.30. The number of aromatic nitrogens is 3. The number of hydrogen-bond acceptors (Lipinski definition) is 6. The summed E-state index contributed by atoms with van der Waals surface area (Å²) in [5.41, 5.74) is 0. The fourth-order valence-corrected chi connectivity index (χ4v) is 3.16. The second kappa shape index (κ2) is 9.40. The number of carbonyl (C=O) groups is 2. The Bertz CT molecular complexity index is 771. The summed E-state index contributed by atoms with van der Waals surface area (Å²) in [5.74, 6) is 0.719. The maximum atomic E-state index is 12.5. The lowest BCUT2D eigenvalue weighted by Gasteiger charge is -2.32. The zero-order chi connectivity index (χ0) is 19.1. The Morgan fingerprint density at radius 2 is 2.04 bits per heavy atom. The van der Waals surface area contributed by atoms with E-state index in [2.05, 4.69) is 41.5 Å². The van der Waals surface area contributed by atoms with Gasteiger partial charge in [-0.1, -0.05) is 0 Å². The Balaban J connectivity index is 1.47. The van der Waals surface area contributed by atoms with Crippen LogP contribution in [-0.4, -0.2) is 51.3 Å². The highest BCUT2D eigenvalue weighted by Gasteiger charge is 2.28. The third-order valence-electron chi connectivity index (χ3n) is 4.31. The SMILES string of the molecule is O=C(Nc1ccc(Br)cn1)C1CCCN(C(=O)CCNc2ncccn2)C1. The highest BCUT2D eigenvalue weighted by Crippen LogP contribution is 2.19. The number of piperidine rings is 1. The average molecular weight is 433 g/mol. The van der Waals surface area contributed by atoms with Gasteiger partial charge in [-0.15, -0.1) is 0 Å². The quantitative estimate of drug-likeness (QED) is 0.726. The number of halogens is 1. The monoisotopic (exact) mass is 432 g/mol. The summed E-state index contributed by atoms with van der Waals surface area (Å²) in [6.45, 7) is 1.57. The molecular formula is C18H21BrN6O2. The van der Waals surface area contributed by atoms with Gasteiger partial charge in [-0.05, 0) is 47.0 Å². The van der Waals surface area contributed by atoms with Crippen molar-refractivity contribution in [1.82, 2.24) is 19.9 Å². The van der Waals surface area contributed by atoms with Crippen molar-refractivity contribution in [2.24, 2.45) is 5.92 Å². The molecule has 2 aromatic rings. The van der Waals surface area contributed by atoms with Crippen LogP contribution in [0.4, 0.5) is 11.8 Å². The van der Waals surface area contributed by atoms with E-state index >= 15 is 0 Å². The highest BCUT2D eigenvalue weighted by atomic mass is 79.9. The standard InChI is InChI=1S/C18H21BrN6O2/c19-14-4-5-15(23-11-14)24-17(27)13-3-1-10-25(12-13)16(26)6-9-22-18-20-7-2-8-21-18/h2,4-5,7-8,11,13H,1,3,6,9-10,12H2,(H,20,21,22)(H,23,24,27). The van der Waals surface area contributed by atoms with Crippen LogP contribution in [0.3, 0.4) is 0 Å². The fraction of sp³-hybridized carbons (Fsp3) is 0.389. The molecule has 0 bridgehead atoms. The van der Waals surface area contributed by atoms with Gasteiger partial charge in [-0.3, -0.25) is 9.59 Å². The number of pyridine rings is 1. The largest absolute Gasteiger partial charge is 0.354 e. The van der Waals surface area contributed by atoms with Crippen LogP contribution in [0.1, 0.15) is 19.3 Å². The minimum Gasteiger partial charge on any atom is -0.354 e. The number of likely N-dealkylation sites (tertiary alicyclic amines) is 1. The van der Waals surface area contributed by atoms with Gasteiger partial charge in [0.2, 0.25) is 17.8 Å². The van der Waals surface area contributed by atoms with Crippen LogP contribution in [0.25, 0.3) is 0 Å². The van der Waals surface area contributed by atoms with Gasteiger partial charge in [0, 0.05) is 49.1 Å². The van der Waals surface area contributed by atoms with Crippen molar-refractivity contribution in [2.75, 3.05) is 30.3 Å². The second-order valence-corrected chi connectivity index (χ2v) is 7.19. The topological polar surface area (TPSA) is 100 Å². The number of rotatable bonds is 6. The van der Waals surface area contributed by atoms with Crippen molar-refractivity contribution < 1.29 is 9.59 Å². The van der Waals surface area contributed by atoms with Gasteiger partial charge in [0.05, 0.1) is 5.92 Å². The molecule has 3 heterocycles. The molecule has 0 aliphatic carbocycles. The smallest absolute Gasteiger partial charge is 0.230 e. The molecule has 27 heavy (non-hydrogen) atoms. The molecule has 2 aromatic heterocycles. The Hall–Kier alpha value is -2.55. The molecule has 0 radical (unpaired) electrons. The van der Waals surface area contributed by atoms with Crippen LogP contribution in [0, 0.1) is 5.92 Å². The summed E-state index contributed by atoms with van der Waals surface area (Å²) >= 11 is 3.32. The molecule has 2 N–H and O–H groups in total. The van der Waals surface area contributed by atoms with Crippen molar-refractivity contribution >= 4 is 39.5 Å². The Labute approximate surface area is 165 Å². The first kappa shape index (κ1) is 19.2. The summed E-state index contributed by atoms with van der Waals surface area (Å²) in [5, 5.41) is 5.85. The third-order valence-corrected chi connectivity index (χ3v) is 4.78. The van der Waals surface area contributed by atoms with Crippen molar-refractivity contribution in [2.45, 2.75) is 19.3 Å². The molecule has 1 atom stereocenters. The van der Waals surface area contributed by atoms with Crippen LogP contribution >= 0.6 is 15.9 Å². The van der Waals surface area contributed by atoms with Crippen molar-refractivity contribution in [3.05, 3.63) is 41.3 Å². The summed E-state index contributed by atoms with van der Waals surface area (Å²) in [4.78, 5) is 39.0. The number of hydrogen-bond donors (Lipinski definition) is 2. The van der Waals surface area contributed by atoms with Gasteiger partial charge in [0.1, 0.15) is 5.82 Å². The molecule has 1 aliphatic heterocycles. The molecule has 142 valence electrons. The third kappa shape index (κ3) is 5.72. The van der Waals surface area contributed by atoms with E-state index in [1.54, 1.807) is 35.6 Å². The first-order valence-corrected chi connectivity index (χ1v) is 9.62. The summed E-state index contributed by atoms with van der Waals surface area (Å²) in [7, 11) is 0. The van der Waals surface area contributed by atoms with Crippen LogP contribution in [0.2, 0.25) is 0 Å². The first-order valence-electron chi connectivity index (χ1n) is 8.83. The van der Waals surface area contributed by atoms with Gasteiger partial charge in [-0.25, -0.2) is 15.0 Å². The Morgan fingerprint density at radius 1 is 1.22 bits per heavy atom. The van der Waals surface area contributed by atoms with Gasteiger partial charge >= 0.3 is 0 Å². The predicted octanol–water partition coefficient (Wildman–Crippen LogP) is 2.31. The molecule has 1 unspecified atom stereocenters. The lowest BCUT2D eigenvalue weighted by Crippen LogP contribution is -2.44. The van der Waals surface area contributed by atoms with E-state index in [1.165, 1.54) is 0 Å². The maximum Gasteiger partial charge on any atom is 0.230 e. The van der Waals surface area contributed by atoms with Gasteiger partial charge < -0.3 is 15.5 Å². The van der Waals surface area contributed by atoms with E-state index in [-0.39, 0.29) is 17.7 Å². The zero-order valence-corrected chi connectivity index (χ0v) is 16.4. The fourth-order valence-electron chi connectivity index (χ4n) is 2.93. The normalized spacial score (nSPS) is 16.6. The number of nitrogens with one attached hydrogen (secondary N) is 2. The molecule has 0 aromatic carbocycles. The minimum atomic E-state index is -0.224. The lowest BCUT2D eigenvalue weighted by molar-refractivity contribution is -0.134. The molecule has 2 amide bonds. The van der Waals surface area contributed by atoms with E-state index in [1.807, 2.05) is 6.07 Å². The van der Waals surface area contributed by atoms with Gasteiger partial charge in [0.15, 0.2) is 0 Å². The van der Waals surface area contributed by atoms with Crippen LogP contribution < -0.4 is 10.6 Å². The van der Waals surface area contributed by atoms with Crippen molar-refractivity contribution in [3.63, 3.8) is 0 Å². The molecule has 3 rings (SSSR count). The Kier molecular flexibility index (Phi) is 6.69. The van der Waals surface area contributed by atoms with E-state index in [0.29, 0.717) is 37.8 Å². The van der Waals surface area contributed by atoms with Crippen molar-refractivity contribution in [3.8, 4) is 0 Å². The van der Waals surface area contributed by atoms with Crippen LogP contribution in [0.15, 0.2) is 41.3 Å². The van der Waals surface area contributed by atoms with E-state index in [4.69, 9.17) is 0 Å². The molecule has 9 heteroatoms. The zero-order valence-electron chi connectivity index (χ0n) is 14.8. The number of carbonyl (C=O) groups excluding carboxylic acids is 2. The molecule has 0 saturated carbocycles. The molecular weight excluding hydrogens is 412 g/mol. The van der Waals surface area contributed by atoms with Gasteiger partial charge in [-0.2, -0.15) is 0 Å². The number of anilines is 2. The van der Waals surface area contributed by atoms with Crippen LogP contribution in [0.5, 0.6) is 0 Å². The number of amides is 2. The van der Waals surface area contributed by atoms with E-state index in [0.717, 1.165) is 17.3 Å². The Morgan fingerprint density at radius 3 is 2.78 bits per heavy atom. The van der Waals surface area contributed by atoms with Crippen LogP contribution in [-0.2, 0) is 9.59 Å².